The maximum absolute atomic E-state index is 12.6. The van der Waals surface area contributed by atoms with Gasteiger partial charge in [-0.15, -0.1) is 0 Å². The van der Waals surface area contributed by atoms with Gasteiger partial charge < -0.3 is 9.80 Å². The molecule has 0 aromatic rings. The van der Waals surface area contributed by atoms with Crippen molar-refractivity contribution in [3.63, 3.8) is 0 Å². The molecule has 0 spiro atoms. The fourth-order valence-electron chi connectivity index (χ4n) is 3.61. The Morgan fingerprint density at radius 2 is 1.95 bits per heavy atom. The van der Waals surface area contributed by atoms with Crippen LogP contribution in [0.4, 0.5) is 0 Å². The van der Waals surface area contributed by atoms with E-state index in [4.69, 9.17) is 0 Å². The first-order valence-corrected chi connectivity index (χ1v) is 8.20. The Kier molecular flexibility index (Phi) is 5.06. The van der Waals surface area contributed by atoms with Gasteiger partial charge in [0.2, 0.25) is 11.8 Å². The second-order valence-electron chi connectivity index (χ2n) is 6.31. The second kappa shape index (κ2) is 6.59. The van der Waals surface area contributed by atoms with Gasteiger partial charge in [-0.25, -0.2) is 0 Å². The zero-order valence-corrected chi connectivity index (χ0v) is 13.1. The van der Waals surface area contributed by atoms with Crippen molar-refractivity contribution in [2.75, 3.05) is 6.54 Å². The van der Waals surface area contributed by atoms with Crippen molar-refractivity contribution >= 4 is 11.8 Å². The molecule has 3 atom stereocenters. The maximum atomic E-state index is 12.6. The van der Waals surface area contributed by atoms with Crippen LogP contribution < -0.4 is 0 Å². The molecule has 4 nitrogen and oxygen atoms in total. The zero-order chi connectivity index (χ0) is 14.7. The SMILES string of the molecule is CCCCCCC(C)N1C(=O)C2CCCN2C(=O)C1C. The molecule has 0 aliphatic carbocycles. The lowest BCUT2D eigenvalue weighted by Crippen LogP contribution is -2.63. The highest BCUT2D eigenvalue weighted by molar-refractivity contribution is 5.97. The minimum Gasteiger partial charge on any atom is -0.329 e. The van der Waals surface area contributed by atoms with E-state index in [1.54, 1.807) is 4.90 Å². The molecule has 0 aromatic carbocycles. The summed E-state index contributed by atoms with van der Waals surface area (Å²) >= 11 is 0. The lowest BCUT2D eigenvalue weighted by atomic mass is 10.0. The lowest BCUT2D eigenvalue weighted by molar-refractivity contribution is -0.161. The van der Waals surface area contributed by atoms with E-state index in [-0.39, 0.29) is 29.9 Å². The standard InChI is InChI=1S/C16H28N2O2/c1-4-5-6-7-9-12(2)18-13(3)15(19)17-11-8-10-14(17)16(18)20/h12-14H,4-11H2,1-3H3. The van der Waals surface area contributed by atoms with Crippen molar-refractivity contribution in [3.05, 3.63) is 0 Å². The number of hydrogen-bond acceptors (Lipinski definition) is 2. The van der Waals surface area contributed by atoms with Gasteiger partial charge in [-0.1, -0.05) is 32.6 Å². The lowest BCUT2D eigenvalue weighted by Gasteiger charge is -2.44. The first-order valence-electron chi connectivity index (χ1n) is 8.20. The Hall–Kier alpha value is -1.06. The van der Waals surface area contributed by atoms with Crippen molar-refractivity contribution in [2.45, 2.75) is 83.8 Å². The first-order chi connectivity index (χ1) is 9.57. The van der Waals surface area contributed by atoms with Gasteiger partial charge in [0.05, 0.1) is 0 Å². The van der Waals surface area contributed by atoms with E-state index in [9.17, 15) is 9.59 Å². The molecule has 2 amide bonds. The number of piperazine rings is 1. The van der Waals surface area contributed by atoms with Crippen LogP contribution in [-0.2, 0) is 9.59 Å². The van der Waals surface area contributed by atoms with E-state index in [1.165, 1.54) is 19.3 Å². The topological polar surface area (TPSA) is 40.6 Å². The first kappa shape index (κ1) is 15.3. The minimum absolute atomic E-state index is 0.146. The highest BCUT2D eigenvalue weighted by Gasteiger charge is 2.47. The smallest absolute Gasteiger partial charge is 0.246 e. The normalized spacial score (nSPS) is 27.9. The molecule has 3 unspecified atom stereocenters. The summed E-state index contributed by atoms with van der Waals surface area (Å²) in [6, 6.07) is -0.268. The Morgan fingerprint density at radius 3 is 2.65 bits per heavy atom. The number of unbranched alkanes of at least 4 members (excludes halogenated alkanes) is 3. The largest absolute Gasteiger partial charge is 0.329 e. The van der Waals surface area contributed by atoms with Crippen molar-refractivity contribution in [2.24, 2.45) is 0 Å². The van der Waals surface area contributed by atoms with E-state index >= 15 is 0 Å². The summed E-state index contributed by atoms with van der Waals surface area (Å²) < 4.78 is 0. The third-order valence-electron chi connectivity index (χ3n) is 4.80. The number of nitrogens with zero attached hydrogens (tertiary/aromatic N) is 2. The summed E-state index contributed by atoms with van der Waals surface area (Å²) in [5, 5.41) is 0. The molecule has 0 N–H and O–H groups in total. The molecule has 2 aliphatic rings. The highest BCUT2D eigenvalue weighted by Crippen LogP contribution is 2.29. The average Bonchev–Trinajstić information content (AvgIpc) is 2.91. The molecule has 2 saturated heterocycles. The number of amides is 2. The van der Waals surface area contributed by atoms with Gasteiger partial charge in [0.1, 0.15) is 12.1 Å². The fourth-order valence-corrected chi connectivity index (χ4v) is 3.61. The van der Waals surface area contributed by atoms with E-state index in [0.717, 1.165) is 32.2 Å². The van der Waals surface area contributed by atoms with Gasteiger partial charge in [-0.3, -0.25) is 9.59 Å². The van der Waals surface area contributed by atoms with Crippen molar-refractivity contribution in [1.29, 1.82) is 0 Å². The van der Waals surface area contributed by atoms with E-state index in [2.05, 4.69) is 13.8 Å². The van der Waals surface area contributed by atoms with Crippen LogP contribution in [0.25, 0.3) is 0 Å². The van der Waals surface area contributed by atoms with Crippen LogP contribution in [0.2, 0.25) is 0 Å². The number of rotatable bonds is 6. The molecule has 0 saturated carbocycles. The third kappa shape index (κ3) is 2.84. The average molecular weight is 280 g/mol. The van der Waals surface area contributed by atoms with Crippen LogP contribution in [0.1, 0.15) is 65.7 Å². The van der Waals surface area contributed by atoms with Gasteiger partial charge in [0.15, 0.2) is 0 Å². The third-order valence-corrected chi connectivity index (χ3v) is 4.80. The Bertz CT molecular complexity index is 369. The van der Waals surface area contributed by atoms with Gasteiger partial charge in [0.25, 0.3) is 0 Å². The molecule has 0 radical (unpaired) electrons. The Morgan fingerprint density at radius 1 is 1.20 bits per heavy atom. The molecule has 2 fully saturated rings. The number of carbonyl (C=O) groups excluding carboxylic acids is 2. The predicted molar refractivity (Wildman–Crippen MR) is 79.3 cm³/mol. The Balaban J connectivity index is 1.98. The van der Waals surface area contributed by atoms with Crippen molar-refractivity contribution in [1.82, 2.24) is 9.80 Å². The summed E-state index contributed by atoms with van der Waals surface area (Å²) in [4.78, 5) is 28.7. The van der Waals surface area contributed by atoms with Crippen LogP contribution in [0, 0.1) is 0 Å². The van der Waals surface area contributed by atoms with Crippen LogP contribution in [-0.4, -0.2) is 46.3 Å². The van der Waals surface area contributed by atoms with Gasteiger partial charge in [-0.2, -0.15) is 0 Å². The van der Waals surface area contributed by atoms with Crippen LogP contribution in [0.3, 0.4) is 0 Å². The quantitative estimate of drug-likeness (QED) is 0.702. The summed E-state index contributed by atoms with van der Waals surface area (Å²) in [5.41, 5.74) is 0. The van der Waals surface area contributed by atoms with Gasteiger partial charge in [0, 0.05) is 12.6 Å². The van der Waals surface area contributed by atoms with Gasteiger partial charge >= 0.3 is 0 Å². The number of hydrogen-bond donors (Lipinski definition) is 0. The maximum Gasteiger partial charge on any atom is 0.246 e. The number of carbonyl (C=O) groups is 2. The molecule has 2 aliphatic heterocycles. The zero-order valence-electron chi connectivity index (χ0n) is 13.1. The van der Waals surface area contributed by atoms with E-state index < -0.39 is 0 Å². The highest BCUT2D eigenvalue weighted by atomic mass is 16.2. The monoisotopic (exact) mass is 280 g/mol. The Labute approximate surface area is 122 Å². The summed E-state index contributed by atoms with van der Waals surface area (Å²) in [6.07, 6.45) is 7.67. The molecule has 0 aromatic heterocycles. The summed E-state index contributed by atoms with van der Waals surface area (Å²) in [6.45, 7) is 6.95. The van der Waals surface area contributed by atoms with E-state index in [0.29, 0.717) is 0 Å². The minimum atomic E-state index is -0.280. The molecule has 4 heteroatoms. The predicted octanol–water partition coefficient (Wildman–Crippen LogP) is 2.57. The molecular formula is C16H28N2O2. The second-order valence-corrected chi connectivity index (χ2v) is 6.31. The molecule has 114 valence electrons. The summed E-state index contributed by atoms with van der Waals surface area (Å²) in [7, 11) is 0. The van der Waals surface area contributed by atoms with Crippen molar-refractivity contribution in [3.8, 4) is 0 Å². The molecule has 0 bridgehead atoms. The van der Waals surface area contributed by atoms with Gasteiger partial charge in [-0.05, 0) is 33.1 Å². The molecule has 2 heterocycles. The van der Waals surface area contributed by atoms with Crippen LogP contribution >= 0.6 is 0 Å². The fraction of sp³-hybridized carbons (Fsp3) is 0.875. The van der Waals surface area contributed by atoms with Crippen molar-refractivity contribution < 1.29 is 9.59 Å². The molecule has 20 heavy (non-hydrogen) atoms. The summed E-state index contributed by atoms with van der Waals surface area (Å²) in [5.74, 6) is 0.324. The van der Waals surface area contributed by atoms with E-state index in [1.807, 2.05) is 11.8 Å². The molecular weight excluding hydrogens is 252 g/mol. The van der Waals surface area contributed by atoms with Crippen LogP contribution in [0.5, 0.6) is 0 Å². The molecule has 2 rings (SSSR count). The number of fused-ring (bicyclic) bond motifs is 1. The van der Waals surface area contributed by atoms with Crippen LogP contribution in [0.15, 0.2) is 0 Å².